The zero-order valence-corrected chi connectivity index (χ0v) is 17.8. The van der Waals surface area contributed by atoms with Crippen LogP contribution in [-0.4, -0.2) is 43.1 Å². The van der Waals surface area contributed by atoms with E-state index in [9.17, 15) is 14.4 Å². The highest BCUT2D eigenvalue weighted by Gasteiger charge is 2.15. The smallest absolute Gasteiger partial charge is 0.258 e. The molecule has 0 radical (unpaired) electrons. The number of nitrogens with one attached hydrogen (secondary N) is 3. The van der Waals surface area contributed by atoms with Crippen LogP contribution in [-0.2, 0) is 14.4 Å². The quantitative estimate of drug-likeness (QED) is 0.308. The van der Waals surface area contributed by atoms with Crippen LogP contribution in [0, 0.1) is 5.92 Å². The van der Waals surface area contributed by atoms with Crippen LogP contribution >= 0.6 is 0 Å². The fourth-order valence-electron chi connectivity index (χ4n) is 3.06. The summed E-state index contributed by atoms with van der Waals surface area (Å²) in [6.07, 6.45) is 6.87. The Morgan fingerprint density at radius 1 is 1.07 bits per heavy atom. The first-order valence-electron chi connectivity index (χ1n) is 10.5. The van der Waals surface area contributed by atoms with Gasteiger partial charge in [0.05, 0.1) is 6.21 Å². The molecule has 1 aromatic rings. The third-order valence-electron chi connectivity index (χ3n) is 4.65. The molecule has 1 fully saturated rings. The van der Waals surface area contributed by atoms with Gasteiger partial charge in [-0.2, -0.15) is 5.10 Å². The molecule has 30 heavy (non-hydrogen) atoms. The lowest BCUT2D eigenvalue weighted by Gasteiger charge is -2.22. The second kappa shape index (κ2) is 12.6. The average Bonchev–Trinajstić information content (AvgIpc) is 2.72. The molecule has 1 aliphatic carbocycles. The molecule has 164 valence electrons. The maximum absolute atomic E-state index is 12.0. The Bertz CT molecular complexity index is 725. The number of hydrogen-bond acceptors (Lipinski definition) is 5. The molecule has 0 spiro atoms. The highest BCUT2D eigenvalue weighted by molar-refractivity contribution is 5.97. The summed E-state index contributed by atoms with van der Waals surface area (Å²) < 4.78 is 5.52. The number of hydrogen-bond donors (Lipinski definition) is 3. The second-order valence-electron chi connectivity index (χ2n) is 7.93. The van der Waals surface area contributed by atoms with Crippen LogP contribution in [0.25, 0.3) is 0 Å². The van der Waals surface area contributed by atoms with Crippen LogP contribution in [0.4, 0.5) is 0 Å². The number of ether oxygens (including phenoxy) is 1. The molecule has 3 amide bonds. The molecule has 0 aliphatic heterocycles. The minimum atomic E-state index is -0.476. The maximum atomic E-state index is 12.0. The topological polar surface area (TPSA) is 109 Å². The van der Waals surface area contributed by atoms with Gasteiger partial charge in [0.15, 0.2) is 6.61 Å². The number of rotatable bonds is 10. The summed E-state index contributed by atoms with van der Waals surface area (Å²) in [5.41, 5.74) is 3.08. The minimum absolute atomic E-state index is 0.0150. The summed E-state index contributed by atoms with van der Waals surface area (Å²) in [4.78, 5) is 35.3. The first kappa shape index (κ1) is 23.4. The van der Waals surface area contributed by atoms with Crippen LogP contribution in [0.1, 0.15) is 57.9 Å². The summed E-state index contributed by atoms with van der Waals surface area (Å²) in [7, 11) is 0. The molecule has 2 rings (SSSR count). The van der Waals surface area contributed by atoms with Crippen LogP contribution < -0.4 is 20.8 Å². The fourth-order valence-corrected chi connectivity index (χ4v) is 3.06. The maximum Gasteiger partial charge on any atom is 0.258 e. The van der Waals surface area contributed by atoms with Crippen molar-refractivity contribution in [2.45, 2.75) is 58.4 Å². The summed E-state index contributed by atoms with van der Waals surface area (Å²) in [6.45, 7) is 4.48. The predicted molar refractivity (Wildman–Crippen MR) is 115 cm³/mol. The van der Waals surface area contributed by atoms with Crippen LogP contribution in [0.5, 0.6) is 5.75 Å². The Hall–Kier alpha value is -2.90. The summed E-state index contributed by atoms with van der Waals surface area (Å²) >= 11 is 0. The van der Waals surface area contributed by atoms with Gasteiger partial charge in [0.1, 0.15) is 12.2 Å². The van der Waals surface area contributed by atoms with Gasteiger partial charge in [0, 0.05) is 12.6 Å². The van der Waals surface area contributed by atoms with Gasteiger partial charge in [-0.3, -0.25) is 14.4 Å². The molecule has 0 heterocycles. The fraction of sp³-hybridized carbons (Fsp3) is 0.545. The third-order valence-corrected chi connectivity index (χ3v) is 4.65. The molecule has 0 bridgehead atoms. The highest BCUT2D eigenvalue weighted by Crippen LogP contribution is 2.17. The molecular weight excluding hydrogens is 384 g/mol. The molecular formula is C22H32N4O4. The number of benzene rings is 1. The van der Waals surface area contributed by atoms with Crippen LogP contribution in [0.15, 0.2) is 29.4 Å². The van der Waals surface area contributed by atoms with Crippen molar-refractivity contribution in [2.24, 2.45) is 11.0 Å². The zero-order valence-electron chi connectivity index (χ0n) is 17.8. The molecule has 1 saturated carbocycles. The molecule has 0 saturated heterocycles. The van der Waals surface area contributed by atoms with E-state index in [1.54, 1.807) is 24.3 Å². The molecule has 0 unspecified atom stereocenters. The van der Waals surface area contributed by atoms with Crippen molar-refractivity contribution < 1.29 is 19.1 Å². The molecule has 0 aromatic heterocycles. The van der Waals surface area contributed by atoms with Gasteiger partial charge in [-0.15, -0.1) is 0 Å². The number of nitrogens with zero attached hydrogens (tertiary/aromatic N) is 1. The van der Waals surface area contributed by atoms with Crippen LogP contribution in [0.2, 0.25) is 0 Å². The number of amides is 3. The van der Waals surface area contributed by atoms with E-state index in [2.05, 4.69) is 21.2 Å². The number of hydrazone groups is 1. The molecule has 3 N–H and O–H groups in total. The van der Waals surface area contributed by atoms with Crippen molar-refractivity contribution in [3.63, 3.8) is 0 Å². The standard InChI is InChI=1S/C22H32N4O4/c1-16(2)13-23-20(27)12-21(28)26-24-14-17-8-10-19(11-9-17)30-15-22(29)25-18-6-4-3-5-7-18/h8-11,14,16,18H,3-7,12-13,15H2,1-2H3,(H,23,27)(H,25,29)(H,26,28)/b24-14+. The summed E-state index contributed by atoms with van der Waals surface area (Å²) in [5, 5.41) is 9.54. The van der Waals surface area contributed by atoms with E-state index in [4.69, 9.17) is 4.74 Å². The lowest BCUT2D eigenvalue weighted by atomic mass is 9.95. The van der Waals surface area contributed by atoms with Crippen molar-refractivity contribution in [1.29, 1.82) is 0 Å². The zero-order chi connectivity index (χ0) is 21.8. The Labute approximate surface area is 177 Å². The third kappa shape index (κ3) is 9.54. The lowest BCUT2D eigenvalue weighted by Crippen LogP contribution is -2.38. The Kier molecular flexibility index (Phi) is 9.83. The molecule has 0 atom stereocenters. The first-order valence-corrected chi connectivity index (χ1v) is 10.5. The van der Waals surface area contributed by atoms with E-state index < -0.39 is 5.91 Å². The molecule has 8 heteroatoms. The van der Waals surface area contributed by atoms with Crippen LogP contribution in [0.3, 0.4) is 0 Å². The Balaban J connectivity index is 1.67. The minimum Gasteiger partial charge on any atom is -0.484 e. The lowest BCUT2D eigenvalue weighted by molar-refractivity contribution is -0.129. The van der Waals surface area contributed by atoms with Crippen molar-refractivity contribution in [3.05, 3.63) is 29.8 Å². The van der Waals surface area contributed by atoms with Gasteiger partial charge in [0.25, 0.3) is 5.91 Å². The summed E-state index contributed by atoms with van der Waals surface area (Å²) in [6, 6.07) is 7.26. The van der Waals surface area contributed by atoms with Crippen molar-refractivity contribution in [2.75, 3.05) is 13.2 Å². The number of carbonyl (C=O) groups excluding carboxylic acids is 3. The second-order valence-corrected chi connectivity index (χ2v) is 7.93. The normalized spacial score (nSPS) is 14.5. The van der Waals surface area contributed by atoms with Crippen molar-refractivity contribution >= 4 is 23.9 Å². The molecule has 1 aromatic carbocycles. The van der Waals surface area contributed by atoms with Crippen molar-refractivity contribution in [1.82, 2.24) is 16.1 Å². The Morgan fingerprint density at radius 2 is 1.77 bits per heavy atom. The van der Waals surface area contributed by atoms with E-state index in [0.29, 0.717) is 18.2 Å². The average molecular weight is 417 g/mol. The SMILES string of the molecule is CC(C)CNC(=O)CC(=O)N/N=C/c1ccc(OCC(=O)NC2CCCCC2)cc1. The van der Waals surface area contributed by atoms with Gasteiger partial charge in [-0.25, -0.2) is 5.43 Å². The van der Waals surface area contributed by atoms with Gasteiger partial charge in [0.2, 0.25) is 11.8 Å². The number of carbonyl (C=O) groups is 3. The van der Waals surface area contributed by atoms with E-state index in [1.165, 1.54) is 25.5 Å². The van der Waals surface area contributed by atoms with Gasteiger partial charge in [-0.05, 0) is 48.6 Å². The van der Waals surface area contributed by atoms with E-state index in [-0.39, 0.29) is 30.9 Å². The van der Waals surface area contributed by atoms with E-state index in [0.717, 1.165) is 18.4 Å². The van der Waals surface area contributed by atoms with E-state index in [1.807, 2.05) is 13.8 Å². The monoisotopic (exact) mass is 416 g/mol. The molecule has 1 aliphatic rings. The summed E-state index contributed by atoms with van der Waals surface area (Å²) in [5.74, 6) is -0.000366. The molecule has 8 nitrogen and oxygen atoms in total. The largest absolute Gasteiger partial charge is 0.484 e. The first-order chi connectivity index (χ1) is 14.4. The van der Waals surface area contributed by atoms with Crippen molar-refractivity contribution in [3.8, 4) is 5.75 Å². The van der Waals surface area contributed by atoms with E-state index >= 15 is 0 Å². The predicted octanol–water partition coefficient (Wildman–Crippen LogP) is 2.13. The van der Waals surface area contributed by atoms with Gasteiger partial charge >= 0.3 is 0 Å². The van der Waals surface area contributed by atoms with Gasteiger partial charge < -0.3 is 15.4 Å². The highest BCUT2D eigenvalue weighted by atomic mass is 16.5. The Morgan fingerprint density at radius 3 is 2.43 bits per heavy atom. The van der Waals surface area contributed by atoms with Gasteiger partial charge in [-0.1, -0.05) is 33.1 Å².